The Morgan fingerprint density at radius 2 is 1.63 bits per heavy atom. The van der Waals surface area contributed by atoms with Crippen molar-refractivity contribution in [2.45, 2.75) is 0 Å². The van der Waals surface area contributed by atoms with Crippen molar-refractivity contribution in [2.24, 2.45) is 0 Å². The van der Waals surface area contributed by atoms with E-state index >= 15 is 0 Å². The van der Waals surface area contributed by atoms with E-state index in [0.717, 1.165) is 16.9 Å². The minimum absolute atomic E-state index is 0.222. The van der Waals surface area contributed by atoms with Crippen LogP contribution in [-0.4, -0.2) is 13.1 Å². The number of hydrogen-bond donors (Lipinski definition) is 0. The average molecular weight is 398 g/mol. The van der Waals surface area contributed by atoms with Crippen molar-refractivity contribution in [3.8, 4) is 22.8 Å². The molecule has 5 nitrogen and oxygen atoms in total. The lowest BCUT2D eigenvalue weighted by Crippen LogP contribution is -2.05. The van der Waals surface area contributed by atoms with E-state index in [1.807, 2.05) is 42.5 Å². The lowest BCUT2D eigenvalue weighted by Gasteiger charge is -2.06. The van der Waals surface area contributed by atoms with Crippen LogP contribution in [0.25, 0.3) is 28.4 Å². The van der Waals surface area contributed by atoms with Crippen LogP contribution in [0.4, 0.5) is 0 Å². The van der Waals surface area contributed by atoms with Crippen LogP contribution >= 0.6 is 0 Å². The highest BCUT2D eigenvalue weighted by molar-refractivity contribution is 5.89. The van der Waals surface area contributed by atoms with Crippen LogP contribution in [0.5, 0.6) is 11.5 Å². The first kappa shape index (κ1) is 19.2. The molecule has 0 amide bonds. The SMILES string of the molecule is COc1ccc(-c2cc(=O)c3cc(OC(=O)/C=C/c4ccccc4)ccc3o2)cc1. The molecule has 0 aliphatic carbocycles. The molecular weight excluding hydrogens is 380 g/mol. The molecule has 4 aromatic rings. The van der Waals surface area contributed by atoms with Gasteiger partial charge in [-0.05, 0) is 54.1 Å². The van der Waals surface area contributed by atoms with Gasteiger partial charge in [-0.3, -0.25) is 4.79 Å². The minimum Gasteiger partial charge on any atom is -0.497 e. The molecule has 0 radical (unpaired) electrons. The second kappa shape index (κ2) is 8.49. The number of fused-ring (bicyclic) bond motifs is 1. The third-order valence-electron chi connectivity index (χ3n) is 4.50. The first-order valence-corrected chi connectivity index (χ1v) is 9.30. The smallest absolute Gasteiger partial charge is 0.336 e. The van der Waals surface area contributed by atoms with Gasteiger partial charge in [0.15, 0.2) is 5.43 Å². The molecule has 0 saturated heterocycles. The Labute approximate surface area is 172 Å². The number of hydrogen-bond acceptors (Lipinski definition) is 5. The van der Waals surface area contributed by atoms with Gasteiger partial charge in [-0.25, -0.2) is 4.79 Å². The number of rotatable bonds is 5. The molecule has 1 heterocycles. The van der Waals surface area contributed by atoms with E-state index in [2.05, 4.69) is 0 Å². The fourth-order valence-corrected chi connectivity index (χ4v) is 2.98. The molecule has 0 aliphatic rings. The van der Waals surface area contributed by atoms with Gasteiger partial charge in [0.25, 0.3) is 0 Å². The summed E-state index contributed by atoms with van der Waals surface area (Å²) in [7, 11) is 1.59. The normalized spacial score (nSPS) is 11.0. The van der Waals surface area contributed by atoms with E-state index in [1.54, 1.807) is 37.5 Å². The number of methoxy groups -OCH3 is 1. The Morgan fingerprint density at radius 3 is 2.37 bits per heavy atom. The maximum absolute atomic E-state index is 12.6. The van der Waals surface area contributed by atoms with Crippen LogP contribution in [-0.2, 0) is 4.79 Å². The zero-order valence-corrected chi connectivity index (χ0v) is 16.2. The highest BCUT2D eigenvalue weighted by atomic mass is 16.5. The lowest BCUT2D eigenvalue weighted by atomic mass is 10.1. The number of esters is 1. The van der Waals surface area contributed by atoms with Crippen LogP contribution in [0.3, 0.4) is 0 Å². The van der Waals surface area contributed by atoms with Gasteiger partial charge in [0.2, 0.25) is 0 Å². The molecule has 148 valence electrons. The van der Waals surface area contributed by atoms with Gasteiger partial charge in [-0.15, -0.1) is 0 Å². The second-order valence-corrected chi connectivity index (χ2v) is 6.53. The summed E-state index contributed by atoms with van der Waals surface area (Å²) < 4.78 is 16.3. The topological polar surface area (TPSA) is 65.7 Å². The van der Waals surface area contributed by atoms with Crippen molar-refractivity contribution < 1.29 is 18.7 Å². The minimum atomic E-state index is -0.530. The van der Waals surface area contributed by atoms with Gasteiger partial charge in [0.05, 0.1) is 12.5 Å². The van der Waals surface area contributed by atoms with Crippen LogP contribution in [0.2, 0.25) is 0 Å². The Bertz CT molecular complexity index is 1270. The van der Waals surface area contributed by atoms with Gasteiger partial charge < -0.3 is 13.9 Å². The highest BCUT2D eigenvalue weighted by Gasteiger charge is 2.10. The molecule has 0 bridgehead atoms. The zero-order valence-electron chi connectivity index (χ0n) is 16.2. The van der Waals surface area contributed by atoms with Crippen molar-refractivity contribution in [3.63, 3.8) is 0 Å². The average Bonchev–Trinajstić information content (AvgIpc) is 2.79. The summed E-state index contributed by atoms with van der Waals surface area (Å²) in [5.74, 6) is 0.910. The molecule has 5 heteroatoms. The van der Waals surface area contributed by atoms with Crippen molar-refractivity contribution >= 4 is 23.0 Å². The molecule has 0 spiro atoms. The van der Waals surface area contributed by atoms with E-state index in [4.69, 9.17) is 13.9 Å². The summed E-state index contributed by atoms with van der Waals surface area (Å²) in [4.78, 5) is 24.7. The molecule has 0 aliphatic heterocycles. The highest BCUT2D eigenvalue weighted by Crippen LogP contribution is 2.26. The van der Waals surface area contributed by atoms with Crippen LogP contribution < -0.4 is 14.9 Å². The second-order valence-electron chi connectivity index (χ2n) is 6.53. The first-order valence-electron chi connectivity index (χ1n) is 9.30. The fourth-order valence-electron chi connectivity index (χ4n) is 2.98. The first-order chi connectivity index (χ1) is 14.6. The summed E-state index contributed by atoms with van der Waals surface area (Å²) in [5.41, 5.74) is 1.84. The van der Waals surface area contributed by atoms with Crippen LogP contribution in [0, 0.1) is 0 Å². The Morgan fingerprint density at radius 1 is 0.900 bits per heavy atom. The molecule has 3 aromatic carbocycles. The van der Waals surface area contributed by atoms with Crippen LogP contribution in [0.1, 0.15) is 5.56 Å². The number of ether oxygens (including phenoxy) is 2. The third-order valence-corrected chi connectivity index (χ3v) is 4.50. The Balaban J connectivity index is 1.57. The molecule has 0 atom stereocenters. The van der Waals surface area contributed by atoms with Crippen molar-refractivity contribution in [1.29, 1.82) is 0 Å². The maximum Gasteiger partial charge on any atom is 0.336 e. The molecule has 30 heavy (non-hydrogen) atoms. The van der Waals surface area contributed by atoms with Gasteiger partial charge in [0.1, 0.15) is 22.8 Å². The monoisotopic (exact) mass is 398 g/mol. The summed E-state index contributed by atoms with van der Waals surface area (Å²) in [5, 5.41) is 0.338. The largest absolute Gasteiger partial charge is 0.497 e. The van der Waals surface area contributed by atoms with Crippen molar-refractivity contribution in [2.75, 3.05) is 7.11 Å². The zero-order chi connectivity index (χ0) is 20.9. The molecular formula is C25H18O5. The van der Waals surface area contributed by atoms with E-state index in [1.165, 1.54) is 18.2 Å². The van der Waals surface area contributed by atoms with Crippen molar-refractivity contribution in [3.05, 3.63) is 101 Å². The van der Waals surface area contributed by atoms with Crippen molar-refractivity contribution in [1.82, 2.24) is 0 Å². The quantitative estimate of drug-likeness (QED) is 0.266. The van der Waals surface area contributed by atoms with E-state index < -0.39 is 5.97 Å². The summed E-state index contributed by atoms with van der Waals surface area (Å²) in [6, 6.07) is 22.8. The van der Waals surface area contributed by atoms with E-state index in [-0.39, 0.29) is 11.2 Å². The maximum atomic E-state index is 12.6. The van der Waals surface area contributed by atoms with Gasteiger partial charge >= 0.3 is 5.97 Å². The predicted octanol–water partition coefficient (Wildman–Crippen LogP) is 5.09. The predicted molar refractivity (Wildman–Crippen MR) is 116 cm³/mol. The number of carbonyl (C=O) groups is 1. The standard InChI is InChI=1S/C25H18O5/c1-28-19-10-8-18(9-11-19)24-16-22(26)21-15-20(12-13-23(21)30-24)29-25(27)14-7-17-5-3-2-4-6-17/h2-16H,1H3/b14-7+. The van der Waals surface area contributed by atoms with Gasteiger partial charge in [0, 0.05) is 17.7 Å². The molecule has 4 rings (SSSR count). The Kier molecular flexibility index (Phi) is 5.44. The molecule has 0 fully saturated rings. The number of benzene rings is 3. The summed E-state index contributed by atoms with van der Waals surface area (Å²) >= 11 is 0. The summed E-state index contributed by atoms with van der Waals surface area (Å²) in [6.45, 7) is 0. The van der Waals surface area contributed by atoms with Gasteiger partial charge in [-0.2, -0.15) is 0 Å². The van der Waals surface area contributed by atoms with E-state index in [9.17, 15) is 9.59 Å². The number of carbonyl (C=O) groups excluding carboxylic acids is 1. The van der Waals surface area contributed by atoms with E-state index in [0.29, 0.717) is 16.7 Å². The Hall–Kier alpha value is -4.12. The molecule has 0 saturated carbocycles. The third kappa shape index (κ3) is 4.31. The van der Waals surface area contributed by atoms with Crippen LogP contribution in [0.15, 0.2) is 94.2 Å². The fraction of sp³-hybridized carbons (Fsp3) is 0.0400. The summed E-state index contributed by atoms with van der Waals surface area (Å²) in [6.07, 6.45) is 3.01. The lowest BCUT2D eigenvalue weighted by molar-refractivity contribution is -0.128. The van der Waals surface area contributed by atoms with Gasteiger partial charge in [-0.1, -0.05) is 30.3 Å². The molecule has 0 unspecified atom stereocenters. The molecule has 1 aromatic heterocycles. The molecule has 0 N–H and O–H groups in total.